The number of pyridine rings is 2. The third-order valence-electron chi connectivity index (χ3n) is 5.05. The minimum absolute atomic E-state index is 0.282. The molecule has 3 aromatic rings. The van der Waals surface area contributed by atoms with Crippen LogP contribution in [-0.4, -0.2) is 35.8 Å². The van der Waals surface area contributed by atoms with Gasteiger partial charge in [-0.2, -0.15) is 0 Å². The van der Waals surface area contributed by atoms with Crippen molar-refractivity contribution < 1.29 is 9.13 Å². The first kappa shape index (κ1) is 17.0. The number of aromatic nitrogens is 2. The maximum atomic E-state index is 13.4. The van der Waals surface area contributed by atoms with Crippen molar-refractivity contribution in [3.63, 3.8) is 0 Å². The summed E-state index contributed by atoms with van der Waals surface area (Å²) >= 11 is 0. The summed E-state index contributed by atoms with van der Waals surface area (Å²) in [5.41, 5.74) is 2.72. The van der Waals surface area contributed by atoms with E-state index in [0.717, 1.165) is 42.6 Å². The Hall–Kier alpha value is -2.47. The second kappa shape index (κ2) is 7.42. The fourth-order valence-electron chi connectivity index (χ4n) is 3.50. The van der Waals surface area contributed by atoms with E-state index < -0.39 is 0 Å². The molecule has 1 fully saturated rings. The number of halogens is 1. The van der Waals surface area contributed by atoms with E-state index in [1.165, 1.54) is 12.1 Å². The molecular formula is C20H21BFN3O. The van der Waals surface area contributed by atoms with Crippen LogP contribution in [0.4, 0.5) is 4.39 Å². The first-order chi connectivity index (χ1) is 12.7. The van der Waals surface area contributed by atoms with Crippen LogP contribution in [0.5, 0.6) is 5.88 Å². The summed E-state index contributed by atoms with van der Waals surface area (Å²) in [6.07, 6.45) is 3.95. The molecule has 0 aliphatic carbocycles. The first-order valence-corrected chi connectivity index (χ1v) is 9.00. The molecular weight excluding hydrogens is 328 g/mol. The van der Waals surface area contributed by atoms with Crippen LogP contribution in [0, 0.1) is 5.82 Å². The zero-order chi connectivity index (χ0) is 17.9. The molecule has 26 heavy (non-hydrogen) atoms. The summed E-state index contributed by atoms with van der Waals surface area (Å²) in [6.45, 7) is 2.60. The summed E-state index contributed by atoms with van der Waals surface area (Å²) < 4.78 is 19.3. The van der Waals surface area contributed by atoms with Crippen LogP contribution in [0.1, 0.15) is 30.0 Å². The summed E-state index contributed by atoms with van der Waals surface area (Å²) in [4.78, 5) is 11.3. The molecule has 132 valence electrons. The number of piperidine rings is 1. The van der Waals surface area contributed by atoms with Gasteiger partial charge in [0.1, 0.15) is 12.4 Å². The highest BCUT2D eigenvalue weighted by Crippen LogP contribution is 2.27. The van der Waals surface area contributed by atoms with Crippen molar-refractivity contribution >= 4 is 18.9 Å². The lowest BCUT2D eigenvalue weighted by Gasteiger charge is -2.29. The van der Waals surface area contributed by atoms with E-state index in [1.54, 1.807) is 12.3 Å². The Morgan fingerprint density at radius 3 is 2.85 bits per heavy atom. The zero-order valence-corrected chi connectivity index (χ0v) is 14.9. The fraction of sp³-hybridized carbons (Fsp3) is 0.300. The van der Waals surface area contributed by atoms with Gasteiger partial charge in [0.05, 0.1) is 5.52 Å². The van der Waals surface area contributed by atoms with E-state index in [1.807, 2.05) is 18.2 Å². The quantitative estimate of drug-likeness (QED) is 0.679. The maximum Gasteiger partial charge on any atom is 0.213 e. The molecule has 0 N–H and O–H groups in total. The van der Waals surface area contributed by atoms with Crippen molar-refractivity contribution in [2.45, 2.75) is 25.4 Å². The molecule has 4 nitrogen and oxygen atoms in total. The highest BCUT2D eigenvalue weighted by Gasteiger charge is 2.19. The number of hydrogen-bond acceptors (Lipinski definition) is 4. The standard InChI is InChI=1S/C20H21BFN3O/c21-25-10-7-14(8-11-25)18-2-1-3-20(24-18)26-13-15-6-9-23-19-12-16(22)4-5-17(15)19/h1-6,9,12,14H,7-8,10-11,13,21H2. The Morgan fingerprint density at radius 2 is 2.00 bits per heavy atom. The highest BCUT2D eigenvalue weighted by atomic mass is 19.1. The van der Waals surface area contributed by atoms with Crippen LogP contribution in [0.25, 0.3) is 10.9 Å². The molecule has 1 saturated heterocycles. The van der Waals surface area contributed by atoms with Gasteiger partial charge in [-0.05, 0) is 50.2 Å². The summed E-state index contributed by atoms with van der Waals surface area (Å²) in [6, 6.07) is 12.5. The zero-order valence-electron chi connectivity index (χ0n) is 14.9. The highest BCUT2D eigenvalue weighted by molar-refractivity contribution is 6.04. The summed E-state index contributed by atoms with van der Waals surface area (Å²) in [5.74, 6) is 0.851. The van der Waals surface area contributed by atoms with Crippen LogP contribution >= 0.6 is 0 Å². The lowest BCUT2D eigenvalue weighted by Crippen LogP contribution is -2.30. The van der Waals surface area contributed by atoms with Gasteiger partial charge in [0.25, 0.3) is 0 Å². The van der Waals surface area contributed by atoms with Gasteiger partial charge in [0, 0.05) is 40.9 Å². The van der Waals surface area contributed by atoms with Crippen molar-refractivity contribution in [3.8, 4) is 5.88 Å². The van der Waals surface area contributed by atoms with Gasteiger partial charge in [0.15, 0.2) is 7.98 Å². The number of rotatable bonds is 4. The van der Waals surface area contributed by atoms with Gasteiger partial charge in [-0.15, -0.1) is 0 Å². The van der Waals surface area contributed by atoms with Crippen molar-refractivity contribution in [1.82, 2.24) is 14.8 Å². The molecule has 6 heteroatoms. The second-order valence-electron chi connectivity index (χ2n) is 6.90. The van der Waals surface area contributed by atoms with Crippen molar-refractivity contribution in [1.29, 1.82) is 0 Å². The molecule has 1 aliphatic rings. The fourth-order valence-corrected chi connectivity index (χ4v) is 3.50. The topological polar surface area (TPSA) is 38.2 Å². The van der Waals surface area contributed by atoms with Gasteiger partial charge < -0.3 is 9.55 Å². The Labute approximate surface area is 153 Å². The average Bonchev–Trinajstić information content (AvgIpc) is 2.67. The van der Waals surface area contributed by atoms with E-state index in [0.29, 0.717) is 23.9 Å². The number of ether oxygens (including phenoxy) is 1. The average molecular weight is 349 g/mol. The molecule has 0 spiro atoms. The number of hydrogen-bond donors (Lipinski definition) is 0. The SMILES string of the molecule is BN1CCC(c2cccc(OCc3ccnc4cc(F)ccc34)n2)CC1. The predicted octanol–water partition coefficient (Wildman–Crippen LogP) is 3.08. The maximum absolute atomic E-state index is 13.4. The molecule has 0 saturated carbocycles. The Bertz CT molecular complexity index is 912. The number of fused-ring (bicyclic) bond motifs is 1. The minimum atomic E-state index is -0.282. The first-order valence-electron chi connectivity index (χ1n) is 9.00. The molecule has 0 radical (unpaired) electrons. The van der Waals surface area contributed by atoms with Crippen LogP contribution in [-0.2, 0) is 6.61 Å². The molecule has 0 bridgehead atoms. The second-order valence-corrected chi connectivity index (χ2v) is 6.90. The van der Waals surface area contributed by atoms with Crippen molar-refractivity contribution in [3.05, 3.63) is 65.7 Å². The van der Waals surface area contributed by atoms with Crippen LogP contribution in [0.15, 0.2) is 48.7 Å². The van der Waals surface area contributed by atoms with Crippen molar-refractivity contribution in [2.75, 3.05) is 13.1 Å². The lowest BCUT2D eigenvalue weighted by atomic mass is 9.92. The van der Waals surface area contributed by atoms with Gasteiger partial charge in [-0.3, -0.25) is 4.98 Å². The molecule has 1 aromatic carbocycles. The number of nitrogens with zero attached hydrogens (tertiary/aromatic N) is 3. The minimum Gasteiger partial charge on any atom is -0.473 e. The summed E-state index contributed by atoms with van der Waals surface area (Å²) in [7, 11) is 2.16. The van der Waals surface area contributed by atoms with Crippen molar-refractivity contribution in [2.24, 2.45) is 0 Å². The Morgan fingerprint density at radius 1 is 1.15 bits per heavy atom. The van der Waals surface area contributed by atoms with Crippen LogP contribution in [0.3, 0.4) is 0 Å². The van der Waals surface area contributed by atoms with E-state index in [-0.39, 0.29) is 5.82 Å². The molecule has 4 rings (SSSR count). The Kier molecular flexibility index (Phi) is 4.84. The van der Waals surface area contributed by atoms with E-state index in [2.05, 4.69) is 23.8 Å². The number of benzene rings is 1. The van der Waals surface area contributed by atoms with Gasteiger partial charge in [-0.25, -0.2) is 9.37 Å². The molecule has 0 unspecified atom stereocenters. The smallest absolute Gasteiger partial charge is 0.213 e. The third-order valence-corrected chi connectivity index (χ3v) is 5.05. The monoisotopic (exact) mass is 349 g/mol. The van der Waals surface area contributed by atoms with Gasteiger partial charge >= 0.3 is 0 Å². The molecule has 0 atom stereocenters. The Balaban J connectivity index is 1.49. The predicted molar refractivity (Wildman–Crippen MR) is 102 cm³/mol. The molecule has 3 heterocycles. The molecule has 2 aromatic heterocycles. The molecule has 0 amide bonds. The van der Waals surface area contributed by atoms with Crippen LogP contribution in [0.2, 0.25) is 0 Å². The lowest BCUT2D eigenvalue weighted by molar-refractivity contribution is 0.290. The van der Waals surface area contributed by atoms with E-state index in [4.69, 9.17) is 9.72 Å². The van der Waals surface area contributed by atoms with Gasteiger partial charge in [-0.1, -0.05) is 6.07 Å². The van der Waals surface area contributed by atoms with Crippen LogP contribution < -0.4 is 4.74 Å². The molecule has 1 aliphatic heterocycles. The summed E-state index contributed by atoms with van der Waals surface area (Å²) in [5, 5.41) is 0.903. The third kappa shape index (κ3) is 3.70. The van der Waals surface area contributed by atoms with E-state index in [9.17, 15) is 4.39 Å². The largest absolute Gasteiger partial charge is 0.473 e. The van der Waals surface area contributed by atoms with E-state index >= 15 is 0 Å². The normalized spacial score (nSPS) is 16.0. The van der Waals surface area contributed by atoms with Gasteiger partial charge in [0.2, 0.25) is 5.88 Å².